The minimum Gasteiger partial charge on any atom is -0.482 e. The van der Waals surface area contributed by atoms with Gasteiger partial charge in [-0.2, -0.15) is 0 Å². The van der Waals surface area contributed by atoms with E-state index in [4.69, 9.17) is 14.2 Å². The zero-order valence-corrected chi connectivity index (χ0v) is 17.6. The minimum absolute atomic E-state index is 0.149. The maximum atomic E-state index is 12.1. The van der Waals surface area contributed by atoms with Crippen LogP contribution in [0.2, 0.25) is 0 Å². The molecular weight excluding hydrogens is 473 g/mol. The summed E-state index contributed by atoms with van der Waals surface area (Å²) in [6, 6.07) is 12.7. The third kappa shape index (κ3) is 4.98. The molecule has 0 unspecified atom stereocenters. The van der Waals surface area contributed by atoms with E-state index in [9.17, 15) is 9.59 Å². The molecule has 0 radical (unpaired) electrons. The van der Waals surface area contributed by atoms with E-state index in [1.54, 1.807) is 37.3 Å². The van der Waals surface area contributed by atoms with E-state index in [0.29, 0.717) is 18.3 Å². The number of halogens is 1. The lowest BCUT2D eigenvalue weighted by Crippen LogP contribution is -2.14. The van der Waals surface area contributed by atoms with E-state index >= 15 is 0 Å². The normalized spacial score (nSPS) is 14.6. The molecule has 0 saturated heterocycles. The lowest BCUT2D eigenvalue weighted by Gasteiger charge is -2.05. The highest BCUT2D eigenvalue weighted by atomic mass is 127. The van der Waals surface area contributed by atoms with Crippen molar-refractivity contribution in [3.8, 4) is 5.75 Å². The van der Waals surface area contributed by atoms with Gasteiger partial charge in [0.15, 0.2) is 12.3 Å². The molecule has 1 aliphatic rings. The van der Waals surface area contributed by atoms with Crippen LogP contribution in [0.4, 0.5) is 0 Å². The first-order valence-corrected chi connectivity index (χ1v) is 9.71. The van der Waals surface area contributed by atoms with Crippen LogP contribution in [0.1, 0.15) is 23.6 Å². The average Bonchev–Trinajstić information content (AvgIpc) is 3.04. The van der Waals surface area contributed by atoms with Gasteiger partial charge < -0.3 is 14.2 Å². The van der Waals surface area contributed by atoms with Crippen LogP contribution in [-0.2, 0) is 19.1 Å². The first-order valence-electron chi connectivity index (χ1n) is 8.64. The lowest BCUT2D eigenvalue weighted by molar-refractivity contribution is -0.145. The largest absolute Gasteiger partial charge is 0.482 e. The van der Waals surface area contributed by atoms with Crippen molar-refractivity contribution in [2.75, 3.05) is 13.2 Å². The SMILES string of the molecule is CCOC(=O)COc1ccc(/C=C2\N=C(c3ccc(I)c(C)c3)OC2=O)cc1. The molecule has 0 bridgehead atoms. The molecule has 6 nitrogen and oxygen atoms in total. The summed E-state index contributed by atoms with van der Waals surface area (Å²) >= 11 is 2.25. The standard InChI is InChI=1S/C21H18INO5/c1-3-26-19(24)12-27-16-7-4-14(5-8-16)11-18-21(25)28-20(23-18)15-6-9-17(22)13(2)10-15/h4-11H,3,12H2,1-2H3/b18-11-. The van der Waals surface area contributed by atoms with E-state index < -0.39 is 11.9 Å². The van der Waals surface area contributed by atoms with Crippen molar-refractivity contribution in [3.05, 3.63) is 68.4 Å². The van der Waals surface area contributed by atoms with Crippen molar-refractivity contribution in [2.45, 2.75) is 13.8 Å². The van der Waals surface area contributed by atoms with Gasteiger partial charge in [-0.25, -0.2) is 14.6 Å². The topological polar surface area (TPSA) is 74.2 Å². The molecule has 0 aromatic heterocycles. The Kier molecular flexibility index (Phi) is 6.45. The van der Waals surface area contributed by atoms with E-state index in [2.05, 4.69) is 27.6 Å². The number of aliphatic imine (C=N–C) groups is 1. The van der Waals surface area contributed by atoms with Gasteiger partial charge in [0.05, 0.1) is 6.61 Å². The third-order valence-corrected chi connectivity index (χ3v) is 5.08. The van der Waals surface area contributed by atoms with E-state index in [0.717, 1.165) is 20.3 Å². The average molecular weight is 491 g/mol. The summed E-state index contributed by atoms with van der Waals surface area (Å²) in [4.78, 5) is 27.8. The van der Waals surface area contributed by atoms with Gasteiger partial charge >= 0.3 is 11.9 Å². The van der Waals surface area contributed by atoms with Crippen molar-refractivity contribution in [1.29, 1.82) is 0 Å². The molecule has 0 saturated carbocycles. The molecule has 28 heavy (non-hydrogen) atoms. The smallest absolute Gasteiger partial charge is 0.363 e. The van der Waals surface area contributed by atoms with Crippen LogP contribution < -0.4 is 4.74 Å². The fourth-order valence-electron chi connectivity index (χ4n) is 2.47. The summed E-state index contributed by atoms with van der Waals surface area (Å²) in [5, 5.41) is 0. The molecule has 0 N–H and O–H groups in total. The van der Waals surface area contributed by atoms with Gasteiger partial charge in [0, 0.05) is 9.13 Å². The molecule has 0 atom stereocenters. The number of rotatable bonds is 6. The Morgan fingerprint density at radius 2 is 1.96 bits per heavy atom. The molecule has 2 aromatic rings. The van der Waals surface area contributed by atoms with Gasteiger partial charge in [-0.3, -0.25) is 0 Å². The maximum Gasteiger partial charge on any atom is 0.363 e. The number of benzene rings is 2. The van der Waals surface area contributed by atoms with Crippen molar-refractivity contribution < 1.29 is 23.8 Å². The van der Waals surface area contributed by atoms with Crippen molar-refractivity contribution in [1.82, 2.24) is 0 Å². The van der Waals surface area contributed by atoms with Gasteiger partial charge in [-0.05, 0) is 84.0 Å². The van der Waals surface area contributed by atoms with Crippen LogP contribution in [0.15, 0.2) is 53.2 Å². The Bertz CT molecular complexity index is 963. The number of carbonyl (C=O) groups excluding carboxylic acids is 2. The van der Waals surface area contributed by atoms with Gasteiger partial charge in [0.1, 0.15) is 5.75 Å². The van der Waals surface area contributed by atoms with Gasteiger partial charge in [-0.1, -0.05) is 12.1 Å². The number of hydrogen-bond donors (Lipinski definition) is 0. The summed E-state index contributed by atoms with van der Waals surface area (Å²) in [6.07, 6.45) is 1.64. The Balaban J connectivity index is 1.72. The van der Waals surface area contributed by atoms with Crippen LogP contribution in [0.3, 0.4) is 0 Å². The Morgan fingerprint density at radius 3 is 2.64 bits per heavy atom. The number of aryl methyl sites for hydroxylation is 1. The predicted molar refractivity (Wildman–Crippen MR) is 113 cm³/mol. The second kappa shape index (κ2) is 9.01. The highest BCUT2D eigenvalue weighted by Crippen LogP contribution is 2.22. The maximum absolute atomic E-state index is 12.1. The van der Waals surface area contributed by atoms with E-state index in [1.165, 1.54) is 0 Å². The van der Waals surface area contributed by atoms with Gasteiger partial charge in [0.2, 0.25) is 5.90 Å². The fraction of sp³-hybridized carbons (Fsp3) is 0.190. The van der Waals surface area contributed by atoms with Gasteiger partial charge in [-0.15, -0.1) is 0 Å². The lowest BCUT2D eigenvalue weighted by atomic mass is 10.1. The highest BCUT2D eigenvalue weighted by Gasteiger charge is 2.24. The molecule has 0 amide bonds. The predicted octanol–water partition coefficient (Wildman–Crippen LogP) is 3.89. The molecule has 0 fully saturated rings. The van der Waals surface area contributed by atoms with Gasteiger partial charge in [0.25, 0.3) is 0 Å². The molecule has 144 valence electrons. The highest BCUT2D eigenvalue weighted by molar-refractivity contribution is 14.1. The van der Waals surface area contributed by atoms with Crippen LogP contribution in [0.5, 0.6) is 5.75 Å². The van der Waals surface area contributed by atoms with Crippen molar-refractivity contribution in [3.63, 3.8) is 0 Å². The number of ether oxygens (including phenoxy) is 3. The molecule has 3 rings (SSSR count). The van der Waals surface area contributed by atoms with Crippen molar-refractivity contribution >= 4 is 46.5 Å². The second-order valence-electron chi connectivity index (χ2n) is 5.96. The minimum atomic E-state index is -0.492. The molecule has 1 aliphatic heterocycles. The fourth-order valence-corrected chi connectivity index (χ4v) is 2.81. The number of carbonyl (C=O) groups is 2. The van der Waals surface area contributed by atoms with Crippen LogP contribution in [-0.4, -0.2) is 31.1 Å². The zero-order valence-electron chi connectivity index (χ0n) is 15.4. The Hall–Kier alpha value is -2.68. The summed E-state index contributed by atoms with van der Waals surface area (Å²) in [6.45, 7) is 3.89. The van der Waals surface area contributed by atoms with Crippen molar-refractivity contribution in [2.24, 2.45) is 4.99 Å². The summed E-state index contributed by atoms with van der Waals surface area (Å²) in [7, 11) is 0. The monoisotopic (exact) mass is 491 g/mol. The first-order chi connectivity index (χ1) is 13.5. The molecule has 0 spiro atoms. The first kappa shape index (κ1) is 20.1. The van der Waals surface area contributed by atoms with Crippen LogP contribution >= 0.6 is 22.6 Å². The third-order valence-electron chi connectivity index (χ3n) is 3.87. The Labute approximate surface area is 176 Å². The van der Waals surface area contributed by atoms with E-state index in [-0.39, 0.29) is 12.3 Å². The summed E-state index contributed by atoms with van der Waals surface area (Å²) < 4.78 is 16.6. The molecule has 0 aliphatic carbocycles. The summed E-state index contributed by atoms with van der Waals surface area (Å²) in [5.41, 5.74) is 2.84. The number of esters is 2. The Morgan fingerprint density at radius 1 is 1.21 bits per heavy atom. The van der Waals surface area contributed by atoms with Crippen LogP contribution in [0.25, 0.3) is 6.08 Å². The zero-order chi connectivity index (χ0) is 20.1. The molecule has 2 aromatic carbocycles. The number of hydrogen-bond acceptors (Lipinski definition) is 6. The summed E-state index contributed by atoms with van der Waals surface area (Å²) in [5.74, 6) is -0.0863. The van der Waals surface area contributed by atoms with E-state index in [1.807, 2.05) is 25.1 Å². The molecule has 1 heterocycles. The number of cyclic esters (lactones) is 1. The second-order valence-corrected chi connectivity index (χ2v) is 7.12. The quantitative estimate of drug-likeness (QED) is 0.349. The van der Waals surface area contributed by atoms with Crippen LogP contribution in [0, 0.1) is 10.5 Å². The number of nitrogens with zero attached hydrogens (tertiary/aromatic N) is 1. The molecular formula is C21H18INO5. The molecule has 7 heteroatoms.